The Morgan fingerprint density at radius 3 is 2.95 bits per heavy atom. The molecule has 1 aromatic heterocycles. The zero-order chi connectivity index (χ0) is 15.2. The third-order valence-corrected chi connectivity index (χ3v) is 4.39. The summed E-state index contributed by atoms with van der Waals surface area (Å²) < 4.78 is 0. The minimum absolute atomic E-state index is 0.407. The standard InChI is InChI=1S/C16H29N5/c1-4-7-18-14(11-13-6-5-8-19-16(13)17)15-12-20(2)9-10-21(15)3/h5-6,8,14-15,18H,4,7,9-12H2,1-3H3,(H2,17,19). The lowest BCUT2D eigenvalue weighted by molar-refractivity contribution is 0.0877. The predicted molar refractivity (Wildman–Crippen MR) is 88.4 cm³/mol. The van der Waals surface area contributed by atoms with E-state index in [0.717, 1.165) is 44.6 Å². The molecule has 0 saturated carbocycles. The quantitative estimate of drug-likeness (QED) is 0.813. The van der Waals surface area contributed by atoms with Crippen molar-refractivity contribution in [2.75, 3.05) is 46.0 Å². The summed E-state index contributed by atoms with van der Waals surface area (Å²) >= 11 is 0. The summed E-state index contributed by atoms with van der Waals surface area (Å²) in [6, 6.07) is 4.98. The first-order valence-corrected chi connectivity index (χ1v) is 7.93. The SMILES string of the molecule is CCCNC(Cc1cccnc1N)C1CN(C)CCN1C. The van der Waals surface area contributed by atoms with E-state index in [1.54, 1.807) is 6.20 Å². The van der Waals surface area contributed by atoms with Gasteiger partial charge in [-0.05, 0) is 45.1 Å². The summed E-state index contributed by atoms with van der Waals surface area (Å²) in [4.78, 5) is 9.10. The average Bonchev–Trinajstić information content (AvgIpc) is 2.48. The number of piperazine rings is 1. The summed E-state index contributed by atoms with van der Waals surface area (Å²) in [5.41, 5.74) is 7.17. The molecule has 5 heteroatoms. The molecule has 0 bridgehead atoms. The van der Waals surface area contributed by atoms with Crippen LogP contribution in [-0.2, 0) is 6.42 Å². The van der Waals surface area contributed by atoms with Gasteiger partial charge in [0.25, 0.3) is 0 Å². The minimum Gasteiger partial charge on any atom is -0.383 e. The fraction of sp³-hybridized carbons (Fsp3) is 0.688. The van der Waals surface area contributed by atoms with Crippen LogP contribution >= 0.6 is 0 Å². The third kappa shape index (κ3) is 4.40. The van der Waals surface area contributed by atoms with Crippen molar-refractivity contribution in [3.63, 3.8) is 0 Å². The first-order chi connectivity index (χ1) is 10.1. The largest absolute Gasteiger partial charge is 0.383 e. The van der Waals surface area contributed by atoms with Gasteiger partial charge in [0, 0.05) is 37.9 Å². The molecule has 0 radical (unpaired) electrons. The Morgan fingerprint density at radius 1 is 1.43 bits per heavy atom. The summed E-state index contributed by atoms with van der Waals surface area (Å²) in [5.74, 6) is 0.660. The van der Waals surface area contributed by atoms with E-state index in [1.807, 2.05) is 6.07 Å². The van der Waals surface area contributed by atoms with Crippen LogP contribution in [0.4, 0.5) is 5.82 Å². The number of hydrogen-bond acceptors (Lipinski definition) is 5. The van der Waals surface area contributed by atoms with Crippen LogP contribution < -0.4 is 11.1 Å². The second-order valence-corrected chi connectivity index (χ2v) is 6.12. The maximum atomic E-state index is 6.03. The van der Waals surface area contributed by atoms with Gasteiger partial charge in [0.05, 0.1) is 0 Å². The summed E-state index contributed by atoms with van der Waals surface area (Å²) in [5, 5.41) is 3.71. The van der Waals surface area contributed by atoms with Gasteiger partial charge >= 0.3 is 0 Å². The van der Waals surface area contributed by atoms with Crippen molar-refractivity contribution in [1.82, 2.24) is 20.1 Å². The smallest absolute Gasteiger partial charge is 0.126 e. The summed E-state index contributed by atoms with van der Waals surface area (Å²) in [7, 11) is 4.43. The summed E-state index contributed by atoms with van der Waals surface area (Å²) in [6.45, 7) is 6.60. The monoisotopic (exact) mass is 291 g/mol. The van der Waals surface area contributed by atoms with E-state index in [-0.39, 0.29) is 0 Å². The van der Waals surface area contributed by atoms with Crippen molar-refractivity contribution >= 4 is 5.82 Å². The highest BCUT2D eigenvalue weighted by molar-refractivity contribution is 5.39. The van der Waals surface area contributed by atoms with Gasteiger partial charge in [0.2, 0.25) is 0 Å². The molecule has 118 valence electrons. The maximum absolute atomic E-state index is 6.03. The second-order valence-electron chi connectivity index (χ2n) is 6.12. The maximum Gasteiger partial charge on any atom is 0.126 e. The highest BCUT2D eigenvalue weighted by Gasteiger charge is 2.29. The molecule has 2 unspecified atom stereocenters. The van der Waals surface area contributed by atoms with Gasteiger partial charge in [0.15, 0.2) is 0 Å². The highest BCUT2D eigenvalue weighted by Crippen LogP contribution is 2.17. The van der Waals surface area contributed by atoms with Crippen molar-refractivity contribution in [3.8, 4) is 0 Å². The van der Waals surface area contributed by atoms with Crippen molar-refractivity contribution in [1.29, 1.82) is 0 Å². The summed E-state index contributed by atoms with van der Waals surface area (Å²) in [6.07, 6.45) is 3.83. The Labute approximate surface area is 128 Å². The number of hydrogen-bond donors (Lipinski definition) is 2. The first-order valence-electron chi connectivity index (χ1n) is 7.93. The van der Waals surface area contributed by atoms with E-state index in [0.29, 0.717) is 17.9 Å². The molecule has 2 heterocycles. The molecule has 21 heavy (non-hydrogen) atoms. The third-order valence-electron chi connectivity index (χ3n) is 4.39. The fourth-order valence-corrected chi connectivity index (χ4v) is 3.01. The molecule has 0 aromatic carbocycles. The van der Waals surface area contributed by atoms with Gasteiger partial charge in [-0.3, -0.25) is 4.90 Å². The van der Waals surface area contributed by atoms with Gasteiger partial charge in [-0.15, -0.1) is 0 Å². The average molecular weight is 291 g/mol. The van der Waals surface area contributed by atoms with E-state index in [4.69, 9.17) is 5.73 Å². The molecule has 5 nitrogen and oxygen atoms in total. The molecule has 1 aliphatic rings. The van der Waals surface area contributed by atoms with Crippen LogP contribution in [0.25, 0.3) is 0 Å². The Kier molecular flexibility index (Phi) is 5.96. The number of aromatic nitrogens is 1. The predicted octanol–water partition coefficient (Wildman–Crippen LogP) is 0.820. The first kappa shape index (κ1) is 16.2. The molecule has 0 aliphatic carbocycles. The molecule has 0 amide bonds. The van der Waals surface area contributed by atoms with E-state index < -0.39 is 0 Å². The molecule has 1 fully saturated rings. The normalized spacial score (nSPS) is 22.3. The number of likely N-dealkylation sites (N-methyl/N-ethyl adjacent to an activating group) is 2. The molecule has 1 aliphatic heterocycles. The van der Waals surface area contributed by atoms with Crippen LogP contribution in [0, 0.1) is 0 Å². The Bertz CT molecular complexity index is 436. The lowest BCUT2D eigenvalue weighted by Gasteiger charge is -2.42. The van der Waals surface area contributed by atoms with Crippen LogP contribution in [-0.4, -0.2) is 67.1 Å². The van der Waals surface area contributed by atoms with Gasteiger partial charge in [-0.25, -0.2) is 4.98 Å². The van der Waals surface area contributed by atoms with Crippen LogP contribution in [0.1, 0.15) is 18.9 Å². The van der Waals surface area contributed by atoms with Crippen LogP contribution in [0.5, 0.6) is 0 Å². The molecule has 0 spiro atoms. The van der Waals surface area contributed by atoms with Gasteiger partial charge in [0.1, 0.15) is 5.82 Å². The number of pyridine rings is 1. The molecular formula is C16H29N5. The van der Waals surface area contributed by atoms with Crippen LogP contribution in [0.2, 0.25) is 0 Å². The lowest BCUT2D eigenvalue weighted by Crippen LogP contribution is -2.59. The van der Waals surface area contributed by atoms with E-state index in [9.17, 15) is 0 Å². The minimum atomic E-state index is 0.407. The number of nitrogen functional groups attached to an aromatic ring is 1. The Hall–Kier alpha value is -1.17. The van der Waals surface area contributed by atoms with Gasteiger partial charge in [-0.2, -0.15) is 0 Å². The molecule has 1 aromatic rings. The van der Waals surface area contributed by atoms with Crippen LogP contribution in [0.15, 0.2) is 18.3 Å². The number of anilines is 1. The van der Waals surface area contributed by atoms with E-state index in [1.165, 1.54) is 0 Å². The van der Waals surface area contributed by atoms with Crippen molar-refractivity contribution in [3.05, 3.63) is 23.9 Å². The van der Waals surface area contributed by atoms with E-state index >= 15 is 0 Å². The number of nitrogens with one attached hydrogen (secondary N) is 1. The van der Waals surface area contributed by atoms with Gasteiger partial charge in [-0.1, -0.05) is 13.0 Å². The highest BCUT2D eigenvalue weighted by atomic mass is 15.3. The molecule has 2 rings (SSSR count). The molecule has 2 atom stereocenters. The van der Waals surface area contributed by atoms with Gasteiger partial charge < -0.3 is 16.0 Å². The fourth-order valence-electron chi connectivity index (χ4n) is 3.01. The molecular weight excluding hydrogens is 262 g/mol. The topological polar surface area (TPSA) is 57.4 Å². The number of nitrogens with two attached hydrogens (primary N) is 1. The zero-order valence-electron chi connectivity index (χ0n) is 13.5. The molecule has 3 N–H and O–H groups in total. The zero-order valence-corrected chi connectivity index (χ0v) is 13.5. The van der Waals surface area contributed by atoms with E-state index in [2.05, 4.69) is 47.2 Å². The van der Waals surface area contributed by atoms with Crippen LogP contribution in [0.3, 0.4) is 0 Å². The number of nitrogens with zero attached hydrogens (tertiary/aromatic N) is 3. The Balaban J connectivity index is 2.11. The van der Waals surface area contributed by atoms with Crippen molar-refractivity contribution in [2.24, 2.45) is 0 Å². The molecule has 1 saturated heterocycles. The van der Waals surface area contributed by atoms with Crippen molar-refractivity contribution in [2.45, 2.75) is 31.8 Å². The second kappa shape index (κ2) is 7.73. The number of rotatable bonds is 6. The lowest BCUT2D eigenvalue weighted by atomic mass is 9.96. The Morgan fingerprint density at radius 2 is 2.24 bits per heavy atom. The van der Waals surface area contributed by atoms with Crippen molar-refractivity contribution < 1.29 is 0 Å².